The van der Waals surface area contributed by atoms with Crippen LogP contribution >= 0.6 is 0 Å². The number of nitrogens with zero attached hydrogens (tertiary/aromatic N) is 1. The first-order chi connectivity index (χ1) is 11.5. The van der Waals surface area contributed by atoms with E-state index in [1.54, 1.807) is 0 Å². The fourth-order valence-corrected chi connectivity index (χ4v) is 3.03. The topological polar surface area (TPSA) is 49.4 Å². The zero-order valence-corrected chi connectivity index (χ0v) is 15.0. The number of rotatable bonds is 10. The molecule has 1 N–H and O–H groups in total. The SMILES string of the molecule is CS(=O)(=O)CCNCCN(Cc1ccccc1)Cc1ccccc1. The summed E-state index contributed by atoms with van der Waals surface area (Å²) in [5, 5.41) is 3.22. The molecule has 0 aliphatic rings. The highest BCUT2D eigenvalue weighted by atomic mass is 32.2. The lowest BCUT2D eigenvalue weighted by Gasteiger charge is -2.23. The van der Waals surface area contributed by atoms with Gasteiger partial charge in [0.1, 0.15) is 9.84 Å². The molecular formula is C19H26N2O2S. The van der Waals surface area contributed by atoms with Gasteiger partial charge in [-0.2, -0.15) is 0 Å². The monoisotopic (exact) mass is 346 g/mol. The van der Waals surface area contributed by atoms with Gasteiger partial charge in [0.15, 0.2) is 0 Å². The molecule has 130 valence electrons. The van der Waals surface area contributed by atoms with Crippen molar-refractivity contribution in [2.75, 3.05) is 31.6 Å². The summed E-state index contributed by atoms with van der Waals surface area (Å²) in [6.45, 7) is 3.90. The van der Waals surface area contributed by atoms with Crippen LogP contribution in [-0.2, 0) is 22.9 Å². The first kappa shape index (κ1) is 18.6. The molecule has 0 amide bonds. The van der Waals surface area contributed by atoms with Gasteiger partial charge in [0.2, 0.25) is 0 Å². The fraction of sp³-hybridized carbons (Fsp3) is 0.368. The zero-order valence-electron chi connectivity index (χ0n) is 14.2. The average Bonchev–Trinajstić information content (AvgIpc) is 2.55. The van der Waals surface area contributed by atoms with Crippen LogP contribution in [0.1, 0.15) is 11.1 Å². The summed E-state index contributed by atoms with van der Waals surface area (Å²) < 4.78 is 22.3. The number of benzene rings is 2. The quantitative estimate of drug-likeness (QED) is 0.671. The third-order valence-corrected chi connectivity index (χ3v) is 4.70. The highest BCUT2D eigenvalue weighted by Crippen LogP contribution is 2.09. The second kappa shape index (κ2) is 9.57. The van der Waals surface area contributed by atoms with Crippen LogP contribution in [0.25, 0.3) is 0 Å². The molecule has 0 heterocycles. The normalized spacial score (nSPS) is 11.8. The van der Waals surface area contributed by atoms with Crippen LogP contribution in [0.3, 0.4) is 0 Å². The Bertz CT molecular complexity index is 646. The van der Waals surface area contributed by atoms with Gasteiger partial charge in [-0.1, -0.05) is 60.7 Å². The number of hydrogen-bond acceptors (Lipinski definition) is 4. The van der Waals surface area contributed by atoms with E-state index in [4.69, 9.17) is 0 Å². The summed E-state index contributed by atoms with van der Waals surface area (Å²) in [4.78, 5) is 2.37. The fourth-order valence-electron chi connectivity index (χ4n) is 2.52. The second-order valence-electron chi connectivity index (χ2n) is 6.06. The summed E-state index contributed by atoms with van der Waals surface area (Å²) >= 11 is 0. The predicted octanol–water partition coefficient (Wildman–Crippen LogP) is 2.32. The van der Waals surface area contributed by atoms with Crippen LogP contribution in [0.5, 0.6) is 0 Å². The molecule has 0 radical (unpaired) electrons. The molecule has 2 aromatic carbocycles. The van der Waals surface area contributed by atoms with Crippen molar-refractivity contribution >= 4 is 9.84 Å². The van der Waals surface area contributed by atoms with E-state index in [2.05, 4.69) is 58.7 Å². The number of sulfone groups is 1. The summed E-state index contributed by atoms with van der Waals surface area (Å²) in [6.07, 6.45) is 1.27. The molecule has 5 heteroatoms. The van der Waals surface area contributed by atoms with Gasteiger partial charge in [-0.15, -0.1) is 0 Å². The van der Waals surface area contributed by atoms with E-state index >= 15 is 0 Å². The van der Waals surface area contributed by atoms with Crippen molar-refractivity contribution in [1.29, 1.82) is 0 Å². The van der Waals surface area contributed by atoms with Gasteiger partial charge < -0.3 is 5.32 Å². The van der Waals surface area contributed by atoms with E-state index in [9.17, 15) is 8.42 Å². The number of hydrogen-bond donors (Lipinski definition) is 1. The molecule has 0 atom stereocenters. The van der Waals surface area contributed by atoms with Gasteiger partial charge in [-0.25, -0.2) is 8.42 Å². The van der Waals surface area contributed by atoms with E-state index in [0.29, 0.717) is 6.54 Å². The molecule has 0 fully saturated rings. The third-order valence-electron chi connectivity index (χ3n) is 3.75. The Morgan fingerprint density at radius 2 is 1.33 bits per heavy atom. The minimum atomic E-state index is -2.90. The van der Waals surface area contributed by atoms with Gasteiger partial charge in [-0.05, 0) is 11.1 Å². The van der Waals surface area contributed by atoms with Crippen molar-refractivity contribution in [3.8, 4) is 0 Å². The molecule has 0 bridgehead atoms. The smallest absolute Gasteiger partial charge is 0.148 e. The molecule has 0 unspecified atom stereocenters. The largest absolute Gasteiger partial charge is 0.314 e. The molecule has 24 heavy (non-hydrogen) atoms. The Balaban J connectivity index is 1.87. The first-order valence-electron chi connectivity index (χ1n) is 8.21. The minimum absolute atomic E-state index is 0.185. The van der Waals surface area contributed by atoms with Crippen molar-refractivity contribution in [1.82, 2.24) is 10.2 Å². The van der Waals surface area contributed by atoms with Crippen molar-refractivity contribution in [2.24, 2.45) is 0 Å². The van der Waals surface area contributed by atoms with Crippen molar-refractivity contribution in [3.63, 3.8) is 0 Å². The lowest BCUT2D eigenvalue weighted by molar-refractivity contribution is 0.257. The third kappa shape index (κ3) is 7.73. The van der Waals surface area contributed by atoms with Gasteiger partial charge in [-0.3, -0.25) is 4.90 Å². The molecule has 0 saturated heterocycles. The minimum Gasteiger partial charge on any atom is -0.314 e. The maximum atomic E-state index is 11.2. The summed E-state index contributed by atoms with van der Waals surface area (Å²) in [5.74, 6) is 0.185. The lowest BCUT2D eigenvalue weighted by atomic mass is 10.1. The van der Waals surface area contributed by atoms with E-state index in [1.807, 2.05) is 12.1 Å². The van der Waals surface area contributed by atoms with Crippen LogP contribution in [0.15, 0.2) is 60.7 Å². The van der Waals surface area contributed by atoms with E-state index in [1.165, 1.54) is 17.4 Å². The predicted molar refractivity (Wildman–Crippen MR) is 99.6 cm³/mol. The highest BCUT2D eigenvalue weighted by Gasteiger charge is 2.07. The molecule has 0 aliphatic carbocycles. The molecule has 2 rings (SSSR count). The Kier molecular flexibility index (Phi) is 7.43. The van der Waals surface area contributed by atoms with Gasteiger partial charge in [0, 0.05) is 39.0 Å². The Morgan fingerprint density at radius 1 is 0.833 bits per heavy atom. The van der Waals surface area contributed by atoms with Gasteiger partial charge in [0.25, 0.3) is 0 Å². The maximum Gasteiger partial charge on any atom is 0.148 e. The van der Waals surface area contributed by atoms with Crippen LogP contribution in [-0.4, -0.2) is 45.0 Å². The maximum absolute atomic E-state index is 11.2. The summed E-state index contributed by atoms with van der Waals surface area (Å²) in [5.41, 5.74) is 2.56. The van der Waals surface area contributed by atoms with E-state index in [0.717, 1.165) is 26.2 Å². The van der Waals surface area contributed by atoms with Crippen molar-refractivity contribution < 1.29 is 8.42 Å². The Hall–Kier alpha value is -1.69. The summed E-state index contributed by atoms with van der Waals surface area (Å²) in [7, 11) is -2.90. The van der Waals surface area contributed by atoms with Gasteiger partial charge in [0.05, 0.1) is 5.75 Å². The molecule has 2 aromatic rings. The molecule has 0 saturated carbocycles. The lowest BCUT2D eigenvalue weighted by Crippen LogP contribution is -2.33. The molecule has 4 nitrogen and oxygen atoms in total. The standard InChI is InChI=1S/C19H26N2O2S/c1-24(22,23)15-13-20-12-14-21(16-18-8-4-2-5-9-18)17-19-10-6-3-7-11-19/h2-11,20H,12-17H2,1H3. The van der Waals surface area contributed by atoms with Gasteiger partial charge >= 0.3 is 0 Å². The van der Waals surface area contributed by atoms with Crippen molar-refractivity contribution in [3.05, 3.63) is 71.8 Å². The highest BCUT2D eigenvalue weighted by molar-refractivity contribution is 7.90. The summed E-state index contributed by atoms with van der Waals surface area (Å²) in [6, 6.07) is 20.8. The first-order valence-corrected chi connectivity index (χ1v) is 10.3. The molecule has 0 aromatic heterocycles. The molecule has 0 aliphatic heterocycles. The van der Waals surface area contributed by atoms with E-state index in [-0.39, 0.29) is 5.75 Å². The molecular weight excluding hydrogens is 320 g/mol. The Morgan fingerprint density at radius 3 is 1.79 bits per heavy atom. The van der Waals surface area contributed by atoms with Crippen LogP contribution in [0.2, 0.25) is 0 Å². The van der Waals surface area contributed by atoms with Crippen LogP contribution in [0.4, 0.5) is 0 Å². The second-order valence-corrected chi connectivity index (χ2v) is 8.32. The zero-order chi connectivity index (χ0) is 17.3. The van der Waals surface area contributed by atoms with Crippen LogP contribution in [0, 0.1) is 0 Å². The average molecular weight is 346 g/mol. The van der Waals surface area contributed by atoms with Crippen LogP contribution < -0.4 is 5.32 Å². The molecule has 0 spiro atoms. The van der Waals surface area contributed by atoms with Crippen molar-refractivity contribution in [2.45, 2.75) is 13.1 Å². The number of nitrogens with one attached hydrogen (secondary N) is 1. The Labute approximate surface area is 145 Å². The van der Waals surface area contributed by atoms with E-state index < -0.39 is 9.84 Å².